The van der Waals surface area contributed by atoms with Crippen molar-refractivity contribution in [3.8, 4) is 0 Å². The quantitative estimate of drug-likeness (QED) is 0.545. The van der Waals surface area contributed by atoms with Crippen LogP contribution in [0.5, 0.6) is 0 Å². The summed E-state index contributed by atoms with van der Waals surface area (Å²) < 4.78 is 6.57. The molecule has 0 fully saturated rings. The highest BCUT2D eigenvalue weighted by molar-refractivity contribution is 8.00. The summed E-state index contributed by atoms with van der Waals surface area (Å²) in [5.74, 6) is 0.749. The molecule has 1 atom stereocenters. The number of nitrogens with one attached hydrogen (secondary N) is 1. The minimum Gasteiger partial charge on any atom is -0.360 e. The first-order chi connectivity index (χ1) is 12.4. The molecule has 0 aliphatic carbocycles. The van der Waals surface area contributed by atoms with Gasteiger partial charge in [0.1, 0.15) is 5.76 Å². The topological polar surface area (TPSA) is 90.0 Å². The molecular weight excluding hydrogens is 352 g/mol. The summed E-state index contributed by atoms with van der Waals surface area (Å²) in [4.78, 5) is 29.9. The molecular formula is C18H20N4O3S. The lowest BCUT2D eigenvalue weighted by Gasteiger charge is -2.18. The van der Waals surface area contributed by atoms with E-state index in [1.807, 2.05) is 26.0 Å². The molecule has 0 saturated carbocycles. The fraction of sp³-hybridized carbons (Fsp3) is 0.333. The smallest absolute Gasteiger partial charge is 0.262 e. The van der Waals surface area contributed by atoms with Gasteiger partial charge < -0.3 is 9.84 Å². The molecule has 0 bridgehead atoms. The zero-order valence-corrected chi connectivity index (χ0v) is 15.8. The molecule has 3 rings (SSSR count). The molecule has 1 amide bonds. The Morgan fingerprint density at radius 3 is 2.65 bits per heavy atom. The molecule has 1 unspecified atom stereocenters. The standard InChI is InChI=1S/C18H20N4O3S/c1-10(2)22-17(24)13-7-5-6-8-14(13)19-18(22)26-12(4)16(23)20-15-9-11(3)25-21-15/h5-10,12H,1-4H3,(H,20,21,23). The van der Waals surface area contributed by atoms with Gasteiger partial charge >= 0.3 is 0 Å². The number of amides is 1. The van der Waals surface area contributed by atoms with Gasteiger partial charge in [0.25, 0.3) is 5.56 Å². The van der Waals surface area contributed by atoms with Crippen LogP contribution in [0.2, 0.25) is 0 Å². The Balaban J connectivity index is 1.90. The van der Waals surface area contributed by atoms with Gasteiger partial charge in [-0.1, -0.05) is 29.1 Å². The minimum atomic E-state index is -0.468. The van der Waals surface area contributed by atoms with E-state index in [9.17, 15) is 9.59 Å². The molecule has 26 heavy (non-hydrogen) atoms. The molecule has 7 nitrogen and oxygen atoms in total. The van der Waals surface area contributed by atoms with E-state index in [1.54, 1.807) is 36.6 Å². The fourth-order valence-electron chi connectivity index (χ4n) is 2.53. The SMILES string of the molecule is Cc1cc(NC(=O)C(C)Sc2nc3ccccc3c(=O)n2C(C)C)no1. The van der Waals surface area contributed by atoms with Crippen LogP contribution in [0.4, 0.5) is 5.82 Å². The van der Waals surface area contributed by atoms with Crippen LogP contribution >= 0.6 is 11.8 Å². The average molecular weight is 372 g/mol. The van der Waals surface area contributed by atoms with E-state index in [1.165, 1.54) is 11.8 Å². The molecule has 0 aliphatic heterocycles. The second-order valence-corrected chi connectivity index (χ2v) is 7.56. The molecule has 1 aromatic carbocycles. The van der Waals surface area contributed by atoms with E-state index in [0.29, 0.717) is 27.6 Å². The van der Waals surface area contributed by atoms with Crippen molar-refractivity contribution in [2.75, 3.05) is 5.32 Å². The van der Waals surface area contributed by atoms with Crippen LogP contribution in [-0.4, -0.2) is 25.9 Å². The van der Waals surface area contributed by atoms with Crippen molar-refractivity contribution in [2.24, 2.45) is 0 Å². The number of nitrogens with zero attached hydrogens (tertiary/aromatic N) is 3. The molecule has 3 aromatic rings. The van der Waals surface area contributed by atoms with Crippen molar-refractivity contribution in [3.63, 3.8) is 0 Å². The second-order valence-electron chi connectivity index (χ2n) is 6.25. The molecule has 136 valence electrons. The summed E-state index contributed by atoms with van der Waals surface area (Å²) in [6, 6.07) is 8.80. The van der Waals surface area contributed by atoms with E-state index in [2.05, 4.69) is 15.5 Å². The monoisotopic (exact) mass is 372 g/mol. The number of hydrogen-bond donors (Lipinski definition) is 1. The first kappa shape index (κ1) is 18.2. The van der Waals surface area contributed by atoms with Crippen LogP contribution in [0.3, 0.4) is 0 Å². The van der Waals surface area contributed by atoms with Crippen LogP contribution in [0.15, 0.2) is 44.8 Å². The number of aryl methyl sites for hydroxylation is 1. The van der Waals surface area contributed by atoms with Crippen molar-refractivity contribution in [3.05, 3.63) is 46.4 Å². The summed E-state index contributed by atoms with van der Waals surface area (Å²) in [5.41, 5.74) is 0.518. The summed E-state index contributed by atoms with van der Waals surface area (Å²) in [7, 11) is 0. The highest BCUT2D eigenvalue weighted by Crippen LogP contribution is 2.25. The maximum atomic E-state index is 12.8. The van der Waals surface area contributed by atoms with Gasteiger partial charge in [-0.05, 0) is 39.8 Å². The first-order valence-corrected chi connectivity index (χ1v) is 9.17. The van der Waals surface area contributed by atoms with Gasteiger partial charge in [0, 0.05) is 12.1 Å². The van der Waals surface area contributed by atoms with Crippen LogP contribution in [0.25, 0.3) is 10.9 Å². The number of fused-ring (bicyclic) bond motifs is 1. The number of hydrogen-bond acceptors (Lipinski definition) is 6. The molecule has 0 radical (unpaired) electrons. The average Bonchev–Trinajstić information content (AvgIpc) is 2.99. The van der Waals surface area contributed by atoms with Crippen molar-refractivity contribution >= 4 is 34.4 Å². The van der Waals surface area contributed by atoms with Crippen LogP contribution < -0.4 is 10.9 Å². The van der Waals surface area contributed by atoms with E-state index < -0.39 is 5.25 Å². The lowest BCUT2D eigenvalue weighted by molar-refractivity contribution is -0.115. The highest BCUT2D eigenvalue weighted by atomic mass is 32.2. The third-order valence-corrected chi connectivity index (χ3v) is 4.89. The van der Waals surface area contributed by atoms with E-state index >= 15 is 0 Å². The van der Waals surface area contributed by atoms with Crippen molar-refractivity contribution in [1.82, 2.24) is 14.7 Å². The summed E-state index contributed by atoms with van der Waals surface area (Å²) in [6.45, 7) is 7.36. The Morgan fingerprint density at radius 1 is 1.27 bits per heavy atom. The van der Waals surface area contributed by atoms with Crippen molar-refractivity contribution in [1.29, 1.82) is 0 Å². The number of anilines is 1. The van der Waals surface area contributed by atoms with E-state index in [-0.39, 0.29) is 17.5 Å². The Morgan fingerprint density at radius 2 is 2.00 bits per heavy atom. The predicted octanol–water partition coefficient (Wildman–Crippen LogP) is 3.39. The number of thioether (sulfide) groups is 1. The third kappa shape index (κ3) is 3.65. The van der Waals surface area contributed by atoms with Gasteiger partial charge in [0.15, 0.2) is 11.0 Å². The largest absolute Gasteiger partial charge is 0.360 e. The lowest BCUT2D eigenvalue weighted by Crippen LogP contribution is -2.28. The lowest BCUT2D eigenvalue weighted by atomic mass is 10.2. The van der Waals surface area contributed by atoms with Gasteiger partial charge in [0.05, 0.1) is 16.2 Å². The number of carbonyl (C=O) groups excluding carboxylic acids is 1. The number of benzene rings is 1. The fourth-order valence-corrected chi connectivity index (χ4v) is 3.57. The molecule has 1 N–H and O–H groups in total. The molecule has 0 saturated heterocycles. The summed E-state index contributed by atoms with van der Waals surface area (Å²) in [5, 5.41) is 7.08. The van der Waals surface area contributed by atoms with Crippen molar-refractivity contribution in [2.45, 2.75) is 44.1 Å². The highest BCUT2D eigenvalue weighted by Gasteiger charge is 2.21. The normalized spacial score (nSPS) is 12.5. The van der Waals surface area contributed by atoms with Gasteiger partial charge in [-0.3, -0.25) is 14.2 Å². The summed E-state index contributed by atoms with van der Waals surface area (Å²) >= 11 is 1.24. The number of aromatic nitrogens is 3. The number of carbonyl (C=O) groups is 1. The maximum Gasteiger partial charge on any atom is 0.262 e. The predicted molar refractivity (Wildman–Crippen MR) is 102 cm³/mol. The molecule has 8 heteroatoms. The Bertz CT molecular complexity index is 1010. The molecule has 2 aromatic heterocycles. The van der Waals surface area contributed by atoms with Gasteiger partial charge in [0.2, 0.25) is 5.91 Å². The Kier molecular flexibility index (Phi) is 5.13. The van der Waals surface area contributed by atoms with E-state index in [0.717, 1.165) is 0 Å². The van der Waals surface area contributed by atoms with Gasteiger partial charge in [-0.2, -0.15) is 0 Å². The van der Waals surface area contributed by atoms with Gasteiger partial charge in [-0.25, -0.2) is 4.98 Å². The van der Waals surface area contributed by atoms with Crippen LogP contribution in [0, 0.1) is 6.92 Å². The van der Waals surface area contributed by atoms with Crippen LogP contribution in [-0.2, 0) is 4.79 Å². The Labute approximate surface area is 154 Å². The minimum absolute atomic E-state index is 0.0736. The second kappa shape index (κ2) is 7.33. The number of para-hydroxylation sites is 1. The first-order valence-electron chi connectivity index (χ1n) is 8.29. The molecule has 0 aliphatic rings. The van der Waals surface area contributed by atoms with Crippen LogP contribution in [0.1, 0.15) is 32.6 Å². The zero-order valence-electron chi connectivity index (χ0n) is 15.0. The number of rotatable bonds is 5. The van der Waals surface area contributed by atoms with Gasteiger partial charge in [-0.15, -0.1) is 0 Å². The molecule has 2 heterocycles. The van der Waals surface area contributed by atoms with E-state index in [4.69, 9.17) is 4.52 Å². The van der Waals surface area contributed by atoms with Crippen molar-refractivity contribution < 1.29 is 9.32 Å². The zero-order chi connectivity index (χ0) is 18.8. The summed E-state index contributed by atoms with van der Waals surface area (Å²) in [6.07, 6.45) is 0. The Hall–Kier alpha value is -2.61. The maximum absolute atomic E-state index is 12.8. The molecule has 0 spiro atoms. The third-order valence-electron chi connectivity index (χ3n) is 3.82.